The van der Waals surface area contributed by atoms with Crippen LogP contribution in [0, 0.1) is 0 Å². The van der Waals surface area contributed by atoms with E-state index in [1.165, 1.54) is 21.3 Å². The second kappa shape index (κ2) is 10.8. The topological polar surface area (TPSA) is 103 Å². The average molecular weight is 453 g/mol. The molecule has 170 valence electrons. The Labute approximate surface area is 182 Å². The van der Waals surface area contributed by atoms with Crippen molar-refractivity contribution in [2.24, 2.45) is 0 Å². The lowest BCUT2D eigenvalue weighted by Gasteiger charge is -2.22. The highest BCUT2D eigenvalue weighted by atomic mass is 32.2. The number of sulfonamides is 1. The fourth-order valence-corrected chi connectivity index (χ4v) is 3.77. The number of hydrogen-bond donors (Lipinski definition) is 1. The summed E-state index contributed by atoms with van der Waals surface area (Å²) in [6.45, 7) is 2.04. The van der Waals surface area contributed by atoms with E-state index in [4.69, 9.17) is 18.9 Å². The predicted molar refractivity (Wildman–Crippen MR) is 118 cm³/mol. The maximum atomic E-state index is 12.6. The van der Waals surface area contributed by atoms with Crippen LogP contribution >= 0.6 is 0 Å². The molecule has 0 heterocycles. The van der Waals surface area contributed by atoms with Gasteiger partial charge in [-0.3, -0.25) is 9.10 Å². The van der Waals surface area contributed by atoms with E-state index in [2.05, 4.69) is 5.32 Å². The molecule has 31 heavy (non-hydrogen) atoms. The lowest BCUT2D eigenvalue weighted by molar-refractivity contribution is -0.119. The quantitative estimate of drug-likeness (QED) is 0.557. The van der Waals surface area contributed by atoms with Crippen LogP contribution in [-0.4, -0.2) is 55.1 Å². The summed E-state index contributed by atoms with van der Waals surface area (Å²) < 4.78 is 47.0. The number of carbonyl (C=O) groups is 1. The number of ether oxygens (including phenoxy) is 4. The lowest BCUT2D eigenvalue weighted by atomic mass is 10.1. The Morgan fingerprint density at radius 2 is 1.68 bits per heavy atom. The van der Waals surface area contributed by atoms with Crippen LogP contribution < -0.4 is 28.6 Å². The molecule has 2 rings (SSSR count). The Bertz CT molecular complexity index is 984. The van der Waals surface area contributed by atoms with Crippen molar-refractivity contribution in [3.8, 4) is 23.0 Å². The summed E-state index contributed by atoms with van der Waals surface area (Å²) in [6.07, 6.45) is 1.05. The van der Waals surface area contributed by atoms with Crippen LogP contribution in [-0.2, 0) is 21.4 Å². The Morgan fingerprint density at radius 3 is 2.19 bits per heavy atom. The number of nitrogens with zero attached hydrogens (tertiary/aromatic N) is 1. The fraction of sp³-hybridized carbons (Fsp3) is 0.381. The van der Waals surface area contributed by atoms with E-state index >= 15 is 0 Å². The number of benzene rings is 2. The molecule has 0 spiro atoms. The Kier molecular flexibility index (Phi) is 8.38. The molecule has 0 radical (unpaired) electrons. The van der Waals surface area contributed by atoms with Gasteiger partial charge in [0.05, 0.1) is 39.9 Å². The molecule has 0 atom stereocenters. The minimum atomic E-state index is -3.70. The fourth-order valence-electron chi connectivity index (χ4n) is 2.92. The molecule has 0 bridgehead atoms. The number of anilines is 1. The van der Waals surface area contributed by atoms with Crippen LogP contribution in [0.4, 0.5) is 5.69 Å². The van der Waals surface area contributed by atoms with E-state index in [1.807, 2.05) is 6.92 Å². The molecule has 0 saturated heterocycles. The Hall–Kier alpha value is -3.14. The van der Waals surface area contributed by atoms with E-state index < -0.39 is 15.9 Å². The van der Waals surface area contributed by atoms with Gasteiger partial charge in [-0.25, -0.2) is 8.42 Å². The van der Waals surface area contributed by atoms with Gasteiger partial charge < -0.3 is 24.3 Å². The number of methoxy groups -OCH3 is 3. The molecule has 0 unspecified atom stereocenters. The van der Waals surface area contributed by atoms with Crippen molar-refractivity contribution in [1.29, 1.82) is 0 Å². The second-order valence-corrected chi connectivity index (χ2v) is 8.42. The summed E-state index contributed by atoms with van der Waals surface area (Å²) in [4.78, 5) is 12.6. The van der Waals surface area contributed by atoms with Crippen LogP contribution in [0.15, 0.2) is 36.4 Å². The van der Waals surface area contributed by atoms with Crippen molar-refractivity contribution in [3.05, 3.63) is 42.0 Å². The summed E-state index contributed by atoms with van der Waals surface area (Å²) in [5.74, 6) is 1.40. The third-order valence-corrected chi connectivity index (χ3v) is 5.46. The van der Waals surface area contributed by atoms with Gasteiger partial charge in [-0.2, -0.15) is 0 Å². The summed E-state index contributed by atoms with van der Waals surface area (Å²) >= 11 is 0. The number of nitrogens with one attached hydrogen (secondary N) is 1. The monoisotopic (exact) mass is 452 g/mol. The molecule has 0 aliphatic heterocycles. The number of amides is 1. The van der Waals surface area contributed by atoms with Crippen LogP contribution in [0.25, 0.3) is 0 Å². The van der Waals surface area contributed by atoms with Gasteiger partial charge in [-0.15, -0.1) is 0 Å². The summed E-state index contributed by atoms with van der Waals surface area (Å²) in [5, 5.41) is 2.72. The van der Waals surface area contributed by atoms with Crippen LogP contribution in [0.2, 0.25) is 0 Å². The normalized spacial score (nSPS) is 10.9. The van der Waals surface area contributed by atoms with Gasteiger partial charge in [0, 0.05) is 12.6 Å². The lowest BCUT2D eigenvalue weighted by Crippen LogP contribution is -2.40. The minimum Gasteiger partial charge on any atom is -0.494 e. The van der Waals surface area contributed by atoms with Crippen molar-refractivity contribution in [3.63, 3.8) is 0 Å². The first-order valence-electron chi connectivity index (χ1n) is 9.49. The Morgan fingerprint density at radius 1 is 1.03 bits per heavy atom. The van der Waals surface area contributed by atoms with Crippen molar-refractivity contribution in [2.75, 3.05) is 45.0 Å². The van der Waals surface area contributed by atoms with E-state index in [0.717, 1.165) is 10.6 Å². The zero-order valence-electron chi connectivity index (χ0n) is 18.3. The predicted octanol–water partition coefficient (Wildman–Crippen LogP) is 2.19. The SMILES string of the molecule is CCOc1cccc(N(CC(=O)NCc2cc(OC)c(OC)c(OC)c2)S(C)(=O)=O)c1. The maximum Gasteiger partial charge on any atom is 0.241 e. The molecule has 0 aliphatic carbocycles. The van der Waals surface area contributed by atoms with Gasteiger partial charge in [-0.1, -0.05) is 6.07 Å². The molecule has 0 saturated carbocycles. The van der Waals surface area contributed by atoms with E-state index in [1.54, 1.807) is 36.4 Å². The first-order chi connectivity index (χ1) is 14.7. The second-order valence-electron chi connectivity index (χ2n) is 6.51. The third-order valence-electron chi connectivity index (χ3n) is 4.32. The van der Waals surface area contributed by atoms with Crippen molar-refractivity contribution >= 4 is 21.6 Å². The molecular formula is C21H28N2O7S. The molecule has 0 fully saturated rings. The molecular weight excluding hydrogens is 424 g/mol. The highest BCUT2D eigenvalue weighted by Crippen LogP contribution is 2.38. The molecule has 1 amide bonds. The molecule has 2 aromatic carbocycles. The van der Waals surface area contributed by atoms with Gasteiger partial charge in [0.15, 0.2) is 11.5 Å². The van der Waals surface area contributed by atoms with Gasteiger partial charge in [-0.05, 0) is 36.8 Å². The smallest absolute Gasteiger partial charge is 0.241 e. The first-order valence-corrected chi connectivity index (χ1v) is 11.3. The highest BCUT2D eigenvalue weighted by molar-refractivity contribution is 7.92. The summed E-state index contributed by atoms with van der Waals surface area (Å²) in [7, 11) is 0.805. The zero-order valence-corrected chi connectivity index (χ0v) is 19.1. The molecule has 1 N–H and O–H groups in total. The largest absolute Gasteiger partial charge is 0.494 e. The molecule has 2 aromatic rings. The van der Waals surface area contributed by atoms with Crippen LogP contribution in [0.1, 0.15) is 12.5 Å². The highest BCUT2D eigenvalue weighted by Gasteiger charge is 2.21. The first kappa shape index (κ1) is 24.1. The van der Waals surface area contributed by atoms with Crippen molar-refractivity contribution in [2.45, 2.75) is 13.5 Å². The van der Waals surface area contributed by atoms with Gasteiger partial charge in [0.1, 0.15) is 12.3 Å². The summed E-state index contributed by atoms with van der Waals surface area (Å²) in [6, 6.07) is 10.0. The van der Waals surface area contributed by atoms with E-state index in [0.29, 0.717) is 40.9 Å². The summed E-state index contributed by atoms with van der Waals surface area (Å²) in [5.41, 5.74) is 1.04. The van der Waals surface area contributed by atoms with Crippen molar-refractivity contribution in [1.82, 2.24) is 5.32 Å². The third kappa shape index (κ3) is 6.42. The molecule has 0 aliphatic rings. The standard InChI is InChI=1S/C21H28N2O7S/c1-6-30-17-9-7-8-16(12-17)23(31(5,25)26)14-20(24)22-13-15-10-18(27-2)21(29-4)19(11-15)28-3/h7-12H,6,13-14H2,1-5H3,(H,22,24). The van der Waals surface area contributed by atoms with Gasteiger partial charge in [0.25, 0.3) is 0 Å². The molecule has 0 aromatic heterocycles. The Balaban J connectivity index is 2.17. The average Bonchev–Trinajstić information content (AvgIpc) is 2.74. The van der Waals surface area contributed by atoms with E-state index in [9.17, 15) is 13.2 Å². The van der Waals surface area contributed by atoms with Gasteiger partial charge >= 0.3 is 0 Å². The number of rotatable bonds is 11. The van der Waals surface area contributed by atoms with Gasteiger partial charge in [0.2, 0.25) is 21.7 Å². The maximum absolute atomic E-state index is 12.6. The number of hydrogen-bond acceptors (Lipinski definition) is 7. The minimum absolute atomic E-state index is 0.145. The van der Waals surface area contributed by atoms with E-state index in [-0.39, 0.29) is 13.1 Å². The van der Waals surface area contributed by atoms with Crippen LogP contribution in [0.3, 0.4) is 0 Å². The molecule has 10 heteroatoms. The zero-order chi connectivity index (χ0) is 23.0. The number of carbonyl (C=O) groups excluding carboxylic acids is 1. The molecule has 9 nitrogen and oxygen atoms in total. The van der Waals surface area contributed by atoms with Crippen molar-refractivity contribution < 1.29 is 32.2 Å². The van der Waals surface area contributed by atoms with Crippen LogP contribution in [0.5, 0.6) is 23.0 Å².